The maximum atomic E-state index is 12.6. The number of carbonyl (C=O) groups excluding carboxylic acids is 1. The van der Waals surface area contributed by atoms with Crippen LogP contribution in [-0.4, -0.2) is 24.1 Å². The minimum Gasteiger partial charge on any atom is -0.495 e. The van der Waals surface area contributed by atoms with Crippen LogP contribution in [0.3, 0.4) is 0 Å². The summed E-state index contributed by atoms with van der Waals surface area (Å²) in [6, 6.07) is 18.4. The largest absolute Gasteiger partial charge is 0.495 e. The fraction of sp³-hybridized carbons (Fsp3) is 0.182. The predicted molar refractivity (Wildman–Crippen MR) is 111 cm³/mol. The summed E-state index contributed by atoms with van der Waals surface area (Å²) in [4.78, 5) is 16.9. The molecule has 0 aliphatic rings. The van der Waals surface area contributed by atoms with Gasteiger partial charge in [0.25, 0.3) is 5.91 Å². The van der Waals surface area contributed by atoms with Crippen molar-refractivity contribution in [2.75, 3.05) is 17.7 Å². The Morgan fingerprint density at radius 1 is 0.929 bits per heavy atom. The normalized spacial score (nSPS) is 10.4. The number of nitrogens with zero attached hydrogens (tertiary/aromatic N) is 1. The van der Waals surface area contributed by atoms with Gasteiger partial charge in [-0.05, 0) is 50.2 Å². The molecule has 144 valence electrons. The van der Waals surface area contributed by atoms with Gasteiger partial charge in [-0.3, -0.25) is 4.79 Å². The number of hydrogen-bond donors (Lipinski definition) is 2. The SMILES string of the molecule is COc1ccccc1Nc1ccc(C(=O)Nc2ccccc2OC(C)C)cn1. The zero-order chi connectivity index (χ0) is 19.9. The number of methoxy groups -OCH3 is 1. The summed E-state index contributed by atoms with van der Waals surface area (Å²) < 4.78 is 11.1. The van der Waals surface area contributed by atoms with Gasteiger partial charge in [-0.25, -0.2) is 4.98 Å². The van der Waals surface area contributed by atoms with Crippen LogP contribution in [0.1, 0.15) is 24.2 Å². The second-order valence-electron chi connectivity index (χ2n) is 6.37. The zero-order valence-corrected chi connectivity index (χ0v) is 16.1. The maximum Gasteiger partial charge on any atom is 0.257 e. The number of pyridine rings is 1. The van der Waals surface area contributed by atoms with Crippen LogP contribution >= 0.6 is 0 Å². The van der Waals surface area contributed by atoms with Crippen molar-refractivity contribution in [1.82, 2.24) is 4.98 Å². The fourth-order valence-electron chi connectivity index (χ4n) is 2.61. The van der Waals surface area contributed by atoms with Crippen molar-refractivity contribution in [3.05, 3.63) is 72.4 Å². The molecule has 3 rings (SSSR count). The van der Waals surface area contributed by atoms with Crippen LogP contribution in [0.2, 0.25) is 0 Å². The van der Waals surface area contributed by atoms with E-state index in [-0.39, 0.29) is 12.0 Å². The lowest BCUT2D eigenvalue weighted by Gasteiger charge is -2.15. The molecule has 0 aliphatic heterocycles. The Bertz CT molecular complexity index is 940. The second-order valence-corrected chi connectivity index (χ2v) is 6.37. The molecule has 0 saturated carbocycles. The lowest BCUT2D eigenvalue weighted by molar-refractivity contribution is 0.102. The number of rotatable bonds is 7. The number of para-hydroxylation sites is 4. The molecule has 6 nitrogen and oxygen atoms in total. The average molecular weight is 377 g/mol. The van der Waals surface area contributed by atoms with Gasteiger partial charge < -0.3 is 20.1 Å². The number of amides is 1. The number of benzene rings is 2. The molecule has 0 radical (unpaired) electrons. The Balaban J connectivity index is 1.71. The summed E-state index contributed by atoms with van der Waals surface area (Å²) in [6.45, 7) is 3.88. The molecule has 28 heavy (non-hydrogen) atoms. The van der Waals surface area contributed by atoms with E-state index in [0.717, 1.165) is 5.69 Å². The van der Waals surface area contributed by atoms with Crippen LogP contribution in [0.4, 0.5) is 17.2 Å². The van der Waals surface area contributed by atoms with Gasteiger partial charge in [0.15, 0.2) is 0 Å². The highest BCUT2D eigenvalue weighted by atomic mass is 16.5. The van der Waals surface area contributed by atoms with Gasteiger partial charge in [-0.2, -0.15) is 0 Å². The highest BCUT2D eigenvalue weighted by Crippen LogP contribution is 2.27. The van der Waals surface area contributed by atoms with Gasteiger partial charge in [0, 0.05) is 6.20 Å². The molecule has 0 atom stereocenters. The molecule has 6 heteroatoms. The van der Waals surface area contributed by atoms with Crippen molar-refractivity contribution in [1.29, 1.82) is 0 Å². The molecule has 0 fully saturated rings. The summed E-state index contributed by atoms with van der Waals surface area (Å²) in [7, 11) is 1.61. The molecule has 0 bridgehead atoms. The number of aromatic nitrogens is 1. The van der Waals surface area contributed by atoms with Gasteiger partial charge in [0.2, 0.25) is 0 Å². The van der Waals surface area contributed by atoms with Crippen LogP contribution in [0, 0.1) is 0 Å². The quantitative estimate of drug-likeness (QED) is 0.614. The molecule has 0 unspecified atom stereocenters. The average Bonchev–Trinajstić information content (AvgIpc) is 2.70. The first-order valence-electron chi connectivity index (χ1n) is 9.00. The Morgan fingerprint density at radius 2 is 1.61 bits per heavy atom. The summed E-state index contributed by atoms with van der Waals surface area (Å²) in [6.07, 6.45) is 1.54. The highest BCUT2D eigenvalue weighted by molar-refractivity contribution is 6.04. The van der Waals surface area contributed by atoms with Crippen molar-refractivity contribution >= 4 is 23.1 Å². The Morgan fingerprint density at radius 3 is 2.25 bits per heavy atom. The van der Waals surface area contributed by atoms with E-state index in [0.29, 0.717) is 28.6 Å². The van der Waals surface area contributed by atoms with Gasteiger partial charge in [0.1, 0.15) is 17.3 Å². The van der Waals surface area contributed by atoms with Crippen molar-refractivity contribution < 1.29 is 14.3 Å². The molecule has 0 spiro atoms. The third-order valence-electron chi connectivity index (χ3n) is 3.89. The lowest BCUT2D eigenvalue weighted by atomic mass is 10.2. The number of carbonyl (C=O) groups is 1. The number of nitrogens with one attached hydrogen (secondary N) is 2. The van der Waals surface area contributed by atoms with E-state index in [1.54, 1.807) is 25.3 Å². The summed E-state index contributed by atoms with van der Waals surface area (Å²) in [5.74, 6) is 1.71. The van der Waals surface area contributed by atoms with Crippen LogP contribution in [0.5, 0.6) is 11.5 Å². The Labute approximate surface area is 164 Å². The smallest absolute Gasteiger partial charge is 0.257 e. The minimum absolute atomic E-state index is 0.0139. The van der Waals surface area contributed by atoms with Gasteiger partial charge in [-0.1, -0.05) is 24.3 Å². The van der Waals surface area contributed by atoms with Crippen LogP contribution in [0.15, 0.2) is 66.9 Å². The summed E-state index contributed by atoms with van der Waals surface area (Å²) in [5, 5.41) is 6.06. The molecule has 1 aromatic heterocycles. The van der Waals surface area contributed by atoms with E-state index in [1.165, 1.54) is 6.20 Å². The number of hydrogen-bond acceptors (Lipinski definition) is 5. The van der Waals surface area contributed by atoms with Crippen LogP contribution in [-0.2, 0) is 0 Å². The first kappa shape index (κ1) is 19.2. The summed E-state index contributed by atoms with van der Waals surface area (Å²) >= 11 is 0. The van der Waals surface area contributed by atoms with E-state index in [2.05, 4.69) is 15.6 Å². The van der Waals surface area contributed by atoms with Crippen molar-refractivity contribution in [3.8, 4) is 11.5 Å². The van der Waals surface area contributed by atoms with E-state index in [9.17, 15) is 4.79 Å². The van der Waals surface area contributed by atoms with E-state index < -0.39 is 0 Å². The van der Waals surface area contributed by atoms with Crippen LogP contribution < -0.4 is 20.1 Å². The lowest BCUT2D eigenvalue weighted by Crippen LogP contribution is -2.14. The highest BCUT2D eigenvalue weighted by Gasteiger charge is 2.11. The minimum atomic E-state index is -0.254. The van der Waals surface area contributed by atoms with Crippen LogP contribution in [0.25, 0.3) is 0 Å². The molecular formula is C22H23N3O3. The standard InChI is InChI=1S/C22H23N3O3/c1-15(2)28-20-11-7-5-9-18(20)25-22(26)16-12-13-21(23-14-16)24-17-8-4-6-10-19(17)27-3/h4-15H,1-3H3,(H,23,24)(H,25,26). The Kier molecular flexibility index (Phi) is 6.11. The van der Waals surface area contributed by atoms with Gasteiger partial charge in [0.05, 0.1) is 30.2 Å². The molecular weight excluding hydrogens is 354 g/mol. The number of anilines is 3. The predicted octanol–water partition coefficient (Wildman–Crippen LogP) is 4.87. The molecule has 1 amide bonds. The second kappa shape index (κ2) is 8.90. The molecule has 2 N–H and O–H groups in total. The number of ether oxygens (including phenoxy) is 2. The zero-order valence-electron chi connectivity index (χ0n) is 16.1. The molecule has 0 aliphatic carbocycles. The van der Waals surface area contributed by atoms with Gasteiger partial charge in [-0.15, -0.1) is 0 Å². The molecule has 3 aromatic rings. The maximum absolute atomic E-state index is 12.6. The summed E-state index contributed by atoms with van der Waals surface area (Å²) in [5.41, 5.74) is 1.87. The van der Waals surface area contributed by atoms with E-state index in [4.69, 9.17) is 9.47 Å². The molecule has 2 aromatic carbocycles. The third kappa shape index (κ3) is 4.79. The topological polar surface area (TPSA) is 72.5 Å². The van der Waals surface area contributed by atoms with Gasteiger partial charge >= 0.3 is 0 Å². The van der Waals surface area contributed by atoms with E-state index in [1.807, 2.05) is 56.3 Å². The molecule has 0 saturated heterocycles. The van der Waals surface area contributed by atoms with Crippen molar-refractivity contribution in [2.24, 2.45) is 0 Å². The first-order chi connectivity index (χ1) is 13.6. The molecule has 1 heterocycles. The Hall–Kier alpha value is -3.54. The van der Waals surface area contributed by atoms with Crippen molar-refractivity contribution in [2.45, 2.75) is 20.0 Å². The van der Waals surface area contributed by atoms with Crippen molar-refractivity contribution in [3.63, 3.8) is 0 Å². The third-order valence-corrected chi connectivity index (χ3v) is 3.89. The monoisotopic (exact) mass is 377 g/mol. The van der Waals surface area contributed by atoms with E-state index >= 15 is 0 Å². The first-order valence-corrected chi connectivity index (χ1v) is 9.00. The fourth-order valence-corrected chi connectivity index (χ4v) is 2.61.